The van der Waals surface area contributed by atoms with E-state index in [4.69, 9.17) is 14.2 Å². The number of carbonyl (C=O) groups is 2. The molecule has 0 spiro atoms. The molecule has 0 saturated carbocycles. The Labute approximate surface area is 296 Å². The molecule has 1 N–H and O–H groups in total. The zero-order valence-electron chi connectivity index (χ0n) is 29.4. The fraction of sp³-hybridized carbons (Fsp3) is 0.333. The summed E-state index contributed by atoms with van der Waals surface area (Å²) in [5.74, 6) is 0.285. The van der Waals surface area contributed by atoms with Gasteiger partial charge in [-0.05, 0) is 73.4 Å². The van der Waals surface area contributed by atoms with Gasteiger partial charge < -0.3 is 24.4 Å². The first-order valence-electron chi connectivity index (χ1n) is 16.8. The van der Waals surface area contributed by atoms with Gasteiger partial charge in [-0.15, -0.1) is 0 Å². The molecule has 50 heavy (non-hydrogen) atoms. The molecule has 4 aromatic carbocycles. The van der Waals surface area contributed by atoms with E-state index in [9.17, 15) is 18.0 Å². The predicted molar refractivity (Wildman–Crippen MR) is 195 cm³/mol. The molecule has 1 atom stereocenters. The second-order valence-electron chi connectivity index (χ2n) is 11.8. The highest BCUT2D eigenvalue weighted by atomic mass is 32.2. The average Bonchev–Trinajstić information content (AvgIpc) is 3.13. The molecule has 11 heteroatoms. The van der Waals surface area contributed by atoms with Crippen LogP contribution < -0.4 is 23.8 Å². The first-order chi connectivity index (χ1) is 24.1. The molecule has 0 aromatic heterocycles. The molecular weight excluding hydrogens is 655 g/mol. The second kappa shape index (κ2) is 18.1. The van der Waals surface area contributed by atoms with Crippen molar-refractivity contribution in [2.75, 3.05) is 38.2 Å². The van der Waals surface area contributed by atoms with Gasteiger partial charge in [0.15, 0.2) is 11.5 Å². The second-order valence-corrected chi connectivity index (χ2v) is 13.6. The van der Waals surface area contributed by atoms with Crippen molar-refractivity contribution in [3.63, 3.8) is 0 Å². The fourth-order valence-electron chi connectivity index (χ4n) is 5.54. The summed E-state index contributed by atoms with van der Waals surface area (Å²) in [4.78, 5) is 30.1. The zero-order chi connectivity index (χ0) is 36.1. The van der Waals surface area contributed by atoms with Crippen LogP contribution in [0.4, 0.5) is 5.69 Å². The van der Waals surface area contributed by atoms with Gasteiger partial charge in [-0.1, -0.05) is 67.9 Å². The normalized spacial score (nSPS) is 11.7. The Morgan fingerprint density at radius 1 is 0.840 bits per heavy atom. The van der Waals surface area contributed by atoms with Crippen molar-refractivity contribution in [1.29, 1.82) is 0 Å². The van der Waals surface area contributed by atoms with E-state index >= 15 is 0 Å². The van der Waals surface area contributed by atoms with Crippen molar-refractivity contribution in [1.82, 2.24) is 10.2 Å². The third-order valence-corrected chi connectivity index (χ3v) is 10.1. The third kappa shape index (κ3) is 9.56. The Balaban J connectivity index is 1.83. The highest BCUT2D eigenvalue weighted by Gasteiger charge is 2.35. The monoisotopic (exact) mass is 701 g/mol. The summed E-state index contributed by atoms with van der Waals surface area (Å²) in [6, 6.07) is 27.0. The topological polar surface area (TPSA) is 114 Å². The lowest BCUT2D eigenvalue weighted by atomic mass is 10.0. The van der Waals surface area contributed by atoms with E-state index in [1.807, 2.05) is 75.4 Å². The van der Waals surface area contributed by atoms with Crippen LogP contribution in [0.3, 0.4) is 0 Å². The van der Waals surface area contributed by atoms with Gasteiger partial charge in [0.25, 0.3) is 10.0 Å². The molecule has 0 fully saturated rings. The maximum absolute atomic E-state index is 14.8. The van der Waals surface area contributed by atoms with Crippen LogP contribution in [0.15, 0.2) is 102 Å². The molecule has 2 amide bonds. The van der Waals surface area contributed by atoms with E-state index in [-0.39, 0.29) is 35.2 Å². The van der Waals surface area contributed by atoms with Gasteiger partial charge in [0, 0.05) is 25.6 Å². The summed E-state index contributed by atoms with van der Waals surface area (Å²) < 4.78 is 46.4. The molecular formula is C39H47N3O7S. The number of benzene rings is 4. The van der Waals surface area contributed by atoms with Gasteiger partial charge in [0.05, 0.1) is 31.4 Å². The van der Waals surface area contributed by atoms with Crippen LogP contribution in [0.1, 0.15) is 43.4 Å². The Morgan fingerprint density at radius 2 is 1.52 bits per heavy atom. The Morgan fingerprint density at radius 3 is 2.16 bits per heavy atom. The minimum Gasteiger partial charge on any atom is -0.494 e. The van der Waals surface area contributed by atoms with Crippen molar-refractivity contribution >= 4 is 27.5 Å². The molecule has 0 aliphatic rings. The van der Waals surface area contributed by atoms with Gasteiger partial charge in [-0.25, -0.2) is 8.42 Å². The number of amides is 2. The lowest BCUT2D eigenvalue weighted by Gasteiger charge is -2.34. The summed E-state index contributed by atoms with van der Waals surface area (Å²) in [5.41, 5.74) is 2.90. The van der Waals surface area contributed by atoms with Gasteiger partial charge in [0.1, 0.15) is 18.3 Å². The van der Waals surface area contributed by atoms with Crippen LogP contribution >= 0.6 is 0 Å². The van der Waals surface area contributed by atoms with Crippen LogP contribution in [0.25, 0.3) is 0 Å². The van der Waals surface area contributed by atoms with Crippen molar-refractivity contribution < 1.29 is 32.2 Å². The third-order valence-electron chi connectivity index (χ3n) is 8.36. The smallest absolute Gasteiger partial charge is 0.264 e. The van der Waals surface area contributed by atoms with Crippen LogP contribution in [-0.4, -0.2) is 65.1 Å². The molecule has 266 valence electrons. The molecule has 1 unspecified atom stereocenters. The van der Waals surface area contributed by atoms with Crippen LogP contribution in [0, 0.1) is 6.92 Å². The molecule has 0 saturated heterocycles. The zero-order valence-corrected chi connectivity index (χ0v) is 30.2. The van der Waals surface area contributed by atoms with E-state index in [0.29, 0.717) is 24.7 Å². The molecule has 0 radical (unpaired) electrons. The summed E-state index contributed by atoms with van der Waals surface area (Å²) in [6.07, 6.45) is 1.91. The molecule has 10 nitrogen and oxygen atoms in total. The van der Waals surface area contributed by atoms with Crippen molar-refractivity contribution in [2.45, 2.75) is 57.5 Å². The number of nitrogens with one attached hydrogen (secondary N) is 1. The number of rotatable bonds is 18. The minimum absolute atomic E-state index is 0.0950. The number of anilines is 1. The van der Waals surface area contributed by atoms with Crippen LogP contribution in [-0.2, 0) is 32.6 Å². The number of ether oxygens (including phenoxy) is 3. The van der Waals surface area contributed by atoms with E-state index in [0.717, 1.165) is 33.8 Å². The van der Waals surface area contributed by atoms with E-state index in [1.54, 1.807) is 24.3 Å². The maximum atomic E-state index is 14.8. The highest BCUT2D eigenvalue weighted by molar-refractivity contribution is 7.92. The summed E-state index contributed by atoms with van der Waals surface area (Å²) in [7, 11) is -1.48. The van der Waals surface area contributed by atoms with Gasteiger partial charge >= 0.3 is 0 Å². The fourth-order valence-corrected chi connectivity index (χ4v) is 6.97. The molecule has 0 heterocycles. The van der Waals surface area contributed by atoms with Gasteiger partial charge in [0.2, 0.25) is 11.8 Å². The number of hydrogen-bond acceptors (Lipinski definition) is 7. The molecule has 4 aromatic rings. The summed E-state index contributed by atoms with van der Waals surface area (Å²) >= 11 is 0. The molecule has 0 aliphatic heterocycles. The van der Waals surface area contributed by atoms with E-state index in [1.165, 1.54) is 37.3 Å². The number of hydrogen-bond donors (Lipinski definition) is 1. The Bertz CT molecular complexity index is 1820. The Hall–Kier alpha value is -5.03. The first-order valence-corrected chi connectivity index (χ1v) is 18.2. The SMILES string of the molecule is CCCCNC(=O)C(Cc1ccccc1)N(Cc1ccccc1C)C(=O)CN(c1ccc(OCC)cc1)S(=O)(=O)c1ccc(OC)c(OC)c1. The van der Waals surface area contributed by atoms with Crippen LogP contribution in [0.5, 0.6) is 17.2 Å². The highest BCUT2D eigenvalue weighted by Crippen LogP contribution is 2.33. The Kier molecular flexibility index (Phi) is 13.7. The standard InChI is InChI=1S/C39H47N3O7S/c1-6-8-24-40-39(44)35(25-30-15-10-9-11-16-30)41(27-31-17-13-12-14-29(31)3)38(43)28-42(32-18-20-33(21-19-32)49-7-2)50(45,46)34-22-23-36(47-4)37(26-34)48-5/h9-23,26,35H,6-8,24-25,27-28H2,1-5H3,(H,40,44). The van der Waals surface area contributed by atoms with E-state index < -0.39 is 28.5 Å². The van der Waals surface area contributed by atoms with Crippen molar-refractivity contribution in [2.24, 2.45) is 0 Å². The number of nitrogens with zero attached hydrogens (tertiary/aromatic N) is 2. The summed E-state index contributed by atoms with van der Waals surface area (Å²) in [5, 5.41) is 3.02. The lowest BCUT2D eigenvalue weighted by Crippen LogP contribution is -2.53. The number of sulfonamides is 1. The quantitative estimate of drug-likeness (QED) is 0.124. The van der Waals surface area contributed by atoms with Crippen molar-refractivity contribution in [3.8, 4) is 17.2 Å². The van der Waals surface area contributed by atoms with E-state index in [2.05, 4.69) is 5.32 Å². The number of aryl methyl sites for hydroxylation is 1. The first kappa shape index (κ1) is 37.8. The lowest BCUT2D eigenvalue weighted by molar-refractivity contribution is -0.140. The number of methoxy groups -OCH3 is 2. The minimum atomic E-state index is -4.36. The number of carbonyl (C=O) groups excluding carboxylic acids is 2. The predicted octanol–water partition coefficient (Wildman–Crippen LogP) is 6.16. The summed E-state index contributed by atoms with van der Waals surface area (Å²) in [6.45, 7) is 6.24. The van der Waals surface area contributed by atoms with Gasteiger partial charge in [-0.3, -0.25) is 13.9 Å². The van der Waals surface area contributed by atoms with Gasteiger partial charge in [-0.2, -0.15) is 0 Å². The maximum Gasteiger partial charge on any atom is 0.264 e. The number of unbranched alkanes of at least 4 members (excludes halogenated alkanes) is 1. The van der Waals surface area contributed by atoms with Crippen molar-refractivity contribution in [3.05, 3.63) is 114 Å². The molecule has 0 bridgehead atoms. The molecule has 4 rings (SSSR count). The average molecular weight is 702 g/mol. The van der Waals surface area contributed by atoms with Crippen LogP contribution in [0.2, 0.25) is 0 Å². The largest absolute Gasteiger partial charge is 0.494 e. The molecule has 0 aliphatic carbocycles.